The van der Waals surface area contributed by atoms with Crippen molar-refractivity contribution in [3.8, 4) is 0 Å². The SMILES string of the molecule is CC1CCC(NCc2cc(=O)n(C)c(=O)n2C)CC1C. The summed E-state index contributed by atoms with van der Waals surface area (Å²) in [6.07, 6.45) is 3.58. The Labute approximate surface area is 119 Å². The van der Waals surface area contributed by atoms with Crippen molar-refractivity contribution in [2.24, 2.45) is 25.9 Å². The van der Waals surface area contributed by atoms with Crippen molar-refractivity contribution in [2.45, 2.75) is 45.7 Å². The number of rotatable bonds is 3. The van der Waals surface area contributed by atoms with E-state index in [1.54, 1.807) is 17.7 Å². The van der Waals surface area contributed by atoms with Crippen LogP contribution in [0.4, 0.5) is 0 Å². The summed E-state index contributed by atoms with van der Waals surface area (Å²) in [7, 11) is 3.22. The van der Waals surface area contributed by atoms with E-state index in [1.807, 2.05) is 0 Å². The Morgan fingerprint density at radius 1 is 1.15 bits per heavy atom. The zero-order chi connectivity index (χ0) is 14.9. The zero-order valence-corrected chi connectivity index (χ0v) is 12.8. The highest BCUT2D eigenvalue weighted by atomic mass is 16.2. The summed E-state index contributed by atoms with van der Waals surface area (Å²) >= 11 is 0. The van der Waals surface area contributed by atoms with Crippen molar-refractivity contribution in [3.63, 3.8) is 0 Å². The average molecular weight is 279 g/mol. The van der Waals surface area contributed by atoms with Gasteiger partial charge < -0.3 is 5.32 Å². The van der Waals surface area contributed by atoms with Crippen LogP contribution in [0, 0.1) is 11.8 Å². The van der Waals surface area contributed by atoms with Crippen LogP contribution in [0.3, 0.4) is 0 Å². The highest BCUT2D eigenvalue weighted by Gasteiger charge is 2.24. The van der Waals surface area contributed by atoms with Gasteiger partial charge in [-0.1, -0.05) is 13.8 Å². The van der Waals surface area contributed by atoms with Crippen LogP contribution in [-0.4, -0.2) is 15.2 Å². The first-order chi connectivity index (χ1) is 9.40. The molecule has 1 aliphatic rings. The maximum Gasteiger partial charge on any atom is 0.330 e. The monoisotopic (exact) mass is 279 g/mol. The fourth-order valence-corrected chi connectivity index (χ4v) is 2.93. The number of aromatic nitrogens is 2. The van der Waals surface area contributed by atoms with E-state index in [9.17, 15) is 9.59 Å². The molecule has 0 amide bonds. The molecule has 3 atom stereocenters. The molecular formula is C15H25N3O2. The third kappa shape index (κ3) is 3.03. The molecule has 0 radical (unpaired) electrons. The van der Waals surface area contributed by atoms with Crippen LogP contribution in [-0.2, 0) is 20.6 Å². The Bertz CT molecular complexity index is 588. The van der Waals surface area contributed by atoms with Crippen molar-refractivity contribution in [1.29, 1.82) is 0 Å². The molecule has 1 fully saturated rings. The molecule has 0 bridgehead atoms. The van der Waals surface area contributed by atoms with Crippen LogP contribution in [0.2, 0.25) is 0 Å². The molecule has 0 saturated heterocycles. The molecule has 0 aliphatic heterocycles. The average Bonchev–Trinajstić information content (AvgIpc) is 2.42. The van der Waals surface area contributed by atoms with Crippen LogP contribution in [0.25, 0.3) is 0 Å². The predicted molar refractivity (Wildman–Crippen MR) is 79.7 cm³/mol. The van der Waals surface area contributed by atoms with Crippen LogP contribution in [0.15, 0.2) is 15.7 Å². The summed E-state index contributed by atoms with van der Waals surface area (Å²) < 4.78 is 2.68. The van der Waals surface area contributed by atoms with Crippen molar-refractivity contribution in [1.82, 2.24) is 14.5 Å². The fraction of sp³-hybridized carbons (Fsp3) is 0.733. The lowest BCUT2D eigenvalue weighted by Gasteiger charge is -2.32. The fourth-order valence-electron chi connectivity index (χ4n) is 2.93. The minimum absolute atomic E-state index is 0.240. The Hall–Kier alpha value is -1.36. The standard InChI is InChI=1S/C15H25N3O2/c1-10-5-6-12(7-11(10)2)16-9-13-8-14(19)18(4)15(20)17(13)3/h8,10-12,16H,5-7,9H2,1-4H3. The minimum atomic E-state index is -0.264. The smallest absolute Gasteiger partial charge is 0.308 e. The summed E-state index contributed by atoms with van der Waals surface area (Å²) in [6, 6.07) is 2.03. The van der Waals surface area contributed by atoms with Crippen LogP contribution in [0.1, 0.15) is 38.8 Å². The number of nitrogens with zero attached hydrogens (tertiary/aromatic N) is 2. The molecule has 1 aromatic heterocycles. The van der Waals surface area contributed by atoms with Gasteiger partial charge in [-0.05, 0) is 31.1 Å². The van der Waals surface area contributed by atoms with Crippen molar-refractivity contribution < 1.29 is 0 Å². The van der Waals surface area contributed by atoms with E-state index in [0.29, 0.717) is 12.6 Å². The summed E-state index contributed by atoms with van der Waals surface area (Å²) in [5.74, 6) is 1.52. The van der Waals surface area contributed by atoms with Crippen molar-refractivity contribution >= 4 is 0 Å². The molecule has 3 unspecified atom stereocenters. The Morgan fingerprint density at radius 2 is 1.85 bits per heavy atom. The normalized spacial score (nSPS) is 26.7. The van der Waals surface area contributed by atoms with Crippen LogP contribution < -0.4 is 16.6 Å². The highest BCUT2D eigenvalue weighted by Crippen LogP contribution is 2.29. The molecule has 1 saturated carbocycles. The molecule has 0 spiro atoms. The second-order valence-electron chi connectivity index (χ2n) is 6.22. The van der Waals surface area contributed by atoms with Crippen molar-refractivity contribution in [2.75, 3.05) is 0 Å². The zero-order valence-electron chi connectivity index (χ0n) is 12.8. The molecule has 20 heavy (non-hydrogen) atoms. The lowest BCUT2D eigenvalue weighted by Crippen LogP contribution is -2.41. The Balaban J connectivity index is 2.05. The first-order valence-corrected chi connectivity index (χ1v) is 7.39. The molecule has 112 valence electrons. The Morgan fingerprint density at radius 3 is 2.50 bits per heavy atom. The molecule has 1 N–H and O–H groups in total. The molecule has 1 heterocycles. The molecule has 1 aromatic rings. The highest BCUT2D eigenvalue weighted by molar-refractivity contribution is 5.02. The number of hydrogen-bond donors (Lipinski definition) is 1. The lowest BCUT2D eigenvalue weighted by molar-refractivity contribution is 0.224. The largest absolute Gasteiger partial charge is 0.330 e. The maximum absolute atomic E-state index is 11.9. The van der Waals surface area contributed by atoms with E-state index >= 15 is 0 Å². The van der Waals surface area contributed by atoms with E-state index in [1.165, 1.54) is 26.3 Å². The van der Waals surface area contributed by atoms with Gasteiger partial charge in [0.2, 0.25) is 0 Å². The van der Waals surface area contributed by atoms with Gasteiger partial charge in [0.05, 0.1) is 0 Å². The van der Waals surface area contributed by atoms with Crippen molar-refractivity contribution in [3.05, 3.63) is 32.6 Å². The number of nitrogens with one attached hydrogen (secondary N) is 1. The third-order valence-electron chi connectivity index (χ3n) is 4.80. The van der Waals surface area contributed by atoms with E-state index in [0.717, 1.165) is 22.1 Å². The predicted octanol–water partition coefficient (Wildman–Crippen LogP) is 0.998. The molecule has 5 heteroatoms. The minimum Gasteiger partial charge on any atom is -0.308 e. The summed E-state index contributed by atoms with van der Waals surface area (Å²) in [6.45, 7) is 5.19. The topological polar surface area (TPSA) is 56.0 Å². The quantitative estimate of drug-likeness (QED) is 0.898. The number of hydrogen-bond acceptors (Lipinski definition) is 3. The van der Waals surface area contributed by atoms with Gasteiger partial charge in [0.25, 0.3) is 5.56 Å². The first kappa shape index (κ1) is 15.0. The van der Waals surface area contributed by atoms with E-state index in [2.05, 4.69) is 19.2 Å². The summed E-state index contributed by atoms with van der Waals surface area (Å²) in [5.41, 5.74) is 0.250. The Kier molecular flexibility index (Phi) is 4.48. The molecular weight excluding hydrogens is 254 g/mol. The maximum atomic E-state index is 11.9. The molecule has 2 rings (SSSR count). The first-order valence-electron chi connectivity index (χ1n) is 7.39. The third-order valence-corrected chi connectivity index (χ3v) is 4.80. The van der Waals surface area contributed by atoms with Gasteiger partial charge in [-0.15, -0.1) is 0 Å². The van der Waals surface area contributed by atoms with Crippen LogP contribution >= 0.6 is 0 Å². The second kappa shape index (κ2) is 5.95. The second-order valence-corrected chi connectivity index (χ2v) is 6.22. The van der Waals surface area contributed by atoms with Gasteiger partial charge in [-0.25, -0.2) is 4.79 Å². The van der Waals surface area contributed by atoms with Gasteiger partial charge in [0.15, 0.2) is 0 Å². The molecule has 0 aromatic carbocycles. The van der Waals surface area contributed by atoms with Crippen LogP contribution in [0.5, 0.6) is 0 Å². The van der Waals surface area contributed by atoms with E-state index in [4.69, 9.17) is 0 Å². The van der Waals surface area contributed by atoms with Gasteiger partial charge in [-0.3, -0.25) is 13.9 Å². The van der Waals surface area contributed by atoms with E-state index in [-0.39, 0.29) is 11.2 Å². The summed E-state index contributed by atoms with van der Waals surface area (Å²) in [4.78, 5) is 23.5. The van der Waals surface area contributed by atoms with E-state index < -0.39 is 0 Å². The van der Waals surface area contributed by atoms with Gasteiger partial charge in [0.1, 0.15) is 0 Å². The lowest BCUT2D eigenvalue weighted by atomic mass is 9.79. The summed E-state index contributed by atoms with van der Waals surface area (Å²) in [5, 5.41) is 3.50. The van der Waals surface area contributed by atoms with Gasteiger partial charge >= 0.3 is 5.69 Å². The van der Waals surface area contributed by atoms with Gasteiger partial charge in [0, 0.05) is 38.4 Å². The van der Waals surface area contributed by atoms with Gasteiger partial charge in [-0.2, -0.15) is 0 Å². The molecule has 1 aliphatic carbocycles. The molecule has 5 nitrogen and oxygen atoms in total.